The van der Waals surface area contributed by atoms with E-state index in [-0.39, 0.29) is 12.2 Å². The molecule has 6 rings (SSSR count). The fourth-order valence-corrected chi connectivity index (χ4v) is 4.64. The number of imidazole rings is 2. The van der Waals surface area contributed by atoms with Crippen LogP contribution in [0.25, 0.3) is 28.1 Å². The van der Waals surface area contributed by atoms with Gasteiger partial charge in [-0.15, -0.1) is 0 Å². The van der Waals surface area contributed by atoms with Crippen LogP contribution in [0.2, 0.25) is 0 Å². The number of nitrogens with zero attached hydrogens (tertiary/aromatic N) is 7. The molecule has 0 radical (unpaired) electrons. The average molecular weight is 470 g/mol. The molecule has 10 nitrogen and oxygen atoms in total. The zero-order valence-electron chi connectivity index (χ0n) is 18.4. The molecule has 1 atom stereocenters. The maximum atomic E-state index is 13.8. The lowest BCUT2D eigenvalue weighted by Gasteiger charge is -2.26. The second-order valence-corrected chi connectivity index (χ2v) is 8.24. The van der Waals surface area contributed by atoms with Crippen LogP contribution in [0.4, 0.5) is 4.39 Å². The number of hydrogen-bond acceptors (Lipinski definition) is 7. The van der Waals surface area contributed by atoms with Crippen molar-refractivity contribution in [2.24, 2.45) is 5.73 Å². The summed E-state index contributed by atoms with van der Waals surface area (Å²) in [6, 6.07) is 11.2. The van der Waals surface area contributed by atoms with Crippen molar-refractivity contribution in [3.05, 3.63) is 76.4 Å². The number of aromatic nitrogens is 6. The highest BCUT2D eigenvalue weighted by molar-refractivity contribution is 5.79. The van der Waals surface area contributed by atoms with Gasteiger partial charge in [0.1, 0.15) is 23.4 Å². The smallest absolute Gasteiger partial charge is 0.330 e. The minimum absolute atomic E-state index is 0.263. The Morgan fingerprint density at radius 3 is 2.91 bits per heavy atom. The maximum Gasteiger partial charge on any atom is 0.330 e. The van der Waals surface area contributed by atoms with E-state index in [1.54, 1.807) is 50.5 Å². The number of rotatable bonds is 4. The third-order valence-corrected chi connectivity index (χ3v) is 6.23. The van der Waals surface area contributed by atoms with Crippen LogP contribution in [0.15, 0.2) is 53.7 Å². The molecule has 0 bridgehead atoms. The van der Waals surface area contributed by atoms with E-state index in [9.17, 15) is 14.4 Å². The Balaban J connectivity index is 1.59. The second kappa shape index (κ2) is 8.03. The predicted octanol–water partition coefficient (Wildman–Crippen LogP) is 2.27. The minimum atomic E-state index is -0.407. The van der Waals surface area contributed by atoms with Crippen molar-refractivity contribution < 1.29 is 9.13 Å². The molecule has 0 fully saturated rings. The molecule has 3 aromatic heterocycles. The van der Waals surface area contributed by atoms with Gasteiger partial charge in [-0.1, -0.05) is 6.07 Å². The number of halogens is 1. The first-order valence-corrected chi connectivity index (χ1v) is 11.1. The number of fused-ring (bicyclic) bond motifs is 3. The van der Waals surface area contributed by atoms with Gasteiger partial charge in [0, 0.05) is 31.1 Å². The standard InChI is InChI=1S/C24H19FN8O2/c25-15-2-3-16-18(5-8-35-21(16)10-15)33-22-20(31(7-6-26)24(33)34)12-28-23(30-22)32-13-29-17-4-1-14(11-27)9-19(17)32/h1-4,9-10,12-13,18H,5-8,26H2/t18-/m1/s1. The first-order chi connectivity index (χ1) is 17.1. The van der Waals surface area contributed by atoms with Gasteiger partial charge in [-0.2, -0.15) is 10.2 Å². The molecule has 0 saturated carbocycles. The highest BCUT2D eigenvalue weighted by Crippen LogP contribution is 2.36. The van der Waals surface area contributed by atoms with E-state index in [0.717, 1.165) is 0 Å². The fourth-order valence-electron chi connectivity index (χ4n) is 4.64. The molecule has 174 valence electrons. The van der Waals surface area contributed by atoms with Crippen molar-refractivity contribution in [1.82, 2.24) is 28.7 Å². The number of ether oxygens (including phenoxy) is 1. The summed E-state index contributed by atoms with van der Waals surface area (Å²) >= 11 is 0. The lowest BCUT2D eigenvalue weighted by atomic mass is 10.0. The van der Waals surface area contributed by atoms with Gasteiger partial charge in [-0.05, 0) is 24.3 Å². The van der Waals surface area contributed by atoms with Gasteiger partial charge in [0.05, 0.1) is 41.5 Å². The predicted molar refractivity (Wildman–Crippen MR) is 125 cm³/mol. The molecule has 0 amide bonds. The highest BCUT2D eigenvalue weighted by Gasteiger charge is 2.29. The molecule has 0 unspecified atom stereocenters. The number of hydrogen-bond donors (Lipinski definition) is 1. The molecule has 0 aliphatic carbocycles. The summed E-state index contributed by atoms with van der Waals surface area (Å²) in [5.41, 5.74) is 9.03. The minimum Gasteiger partial charge on any atom is -0.493 e. The molecule has 35 heavy (non-hydrogen) atoms. The Morgan fingerprint density at radius 1 is 1.20 bits per heavy atom. The largest absolute Gasteiger partial charge is 0.493 e. The van der Waals surface area contributed by atoms with E-state index in [0.29, 0.717) is 64.6 Å². The average Bonchev–Trinajstić information content (AvgIpc) is 3.41. The van der Waals surface area contributed by atoms with E-state index in [1.807, 2.05) is 0 Å². The number of nitriles is 1. The van der Waals surface area contributed by atoms with Gasteiger partial charge in [-0.25, -0.2) is 19.2 Å². The van der Waals surface area contributed by atoms with Gasteiger partial charge >= 0.3 is 5.69 Å². The Kier molecular flexibility index (Phi) is 4.82. The molecule has 11 heteroatoms. The molecule has 2 aromatic carbocycles. The van der Waals surface area contributed by atoms with Crippen molar-refractivity contribution in [3.8, 4) is 17.8 Å². The second-order valence-electron chi connectivity index (χ2n) is 8.24. The molecule has 0 spiro atoms. The molecule has 2 N–H and O–H groups in total. The summed E-state index contributed by atoms with van der Waals surface area (Å²) in [4.78, 5) is 27.2. The van der Waals surface area contributed by atoms with Gasteiger partial charge in [0.25, 0.3) is 0 Å². The van der Waals surface area contributed by atoms with E-state index in [2.05, 4.69) is 16.0 Å². The van der Waals surface area contributed by atoms with Crippen LogP contribution in [0.1, 0.15) is 23.6 Å². The van der Waals surface area contributed by atoms with Crippen LogP contribution >= 0.6 is 0 Å². The first-order valence-electron chi connectivity index (χ1n) is 11.1. The van der Waals surface area contributed by atoms with E-state index < -0.39 is 11.9 Å². The Hall–Kier alpha value is -4.56. The van der Waals surface area contributed by atoms with Gasteiger partial charge in [0.2, 0.25) is 5.95 Å². The zero-order valence-corrected chi connectivity index (χ0v) is 18.4. The normalized spacial score (nSPS) is 15.2. The Bertz CT molecular complexity index is 1710. The monoisotopic (exact) mass is 470 g/mol. The quantitative estimate of drug-likeness (QED) is 0.426. The Labute approximate surface area is 197 Å². The summed E-state index contributed by atoms with van der Waals surface area (Å²) < 4.78 is 24.3. The van der Waals surface area contributed by atoms with Crippen LogP contribution in [0.3, 0.4) is 0 Å². The number of nitrogens with two attached hydrogens (primary N) is 1. The van der Waals surface area contributed by atoms with E-state index >= 15 is 0 Å². The summed E-state index contributed by atoms with van der Waals surface area (Å²) in [7, 11) is 0. The van der Waals surface area contributed by atoms with Crippen molar-refractivity contribution in [1.29, 1.82) is 5.26 Å². The van der Waals surface area contributed by atoms with E-state index in [4.69, 9.17) is 15.5 Å². The molecule has 4 heterocycles. The molecule has 1 aliphatic heterocycles. The third kappa shape index (κ3) is 3.26. The van der Waals surface area contributed by atoms with Crippen LogP contribution in [-0.4, -0.2) is 41.8 Å². The molecule has 0 saturated heterocycles. The number of benzene rings is 2. The first kappa shape index (κ1) is 21.0. The van der Waals surface area contributed by atoms with Crippen LogP contribution in [0, 0.1) is 17.1 Å². The SMILES string of the molecule is N#Cc1ccc2ncn(-c3ncc4c(n3)n([C@@H]3CCOc5cc(F)ccc53)c(=O)n4CCN)c2c1. The van der Waals surface area contributed by atoms with Gasteiger partial charge in [-0.3, -0.25) is 13.7 Å². The van der Waals surface area contributed by atoms with Crippen LogP contribution in [-0.2, 0) is 6.54 Å². The molecular formula is C24H19FN8O2. The van der Waals surface area contributed by atoms with Crippen LogP contribution in [0.5, 0.6) is 5.75 Å². The lowest BCUT2D eigenvalue weighted by molar-refractivity contribution is 0.254. The van der Waals surface area contributed by atoms with Crippen molar-refractivity contribution in [2.75, 3.05) is 13.2 Å². The Morgan fingerprint density at radius 2 is 2.09 bits per heavy atom. The lowest BCUT2D eigenvalue weighted by Crippen LogP contribution is -2.32. The summed E-state index contributed by atoms with van der Waals surface area (Å²) in [5.74, 6) is 0.308. The maximum absolute atomic E-state index is 13.8. The van der Waals surface area contributed by atoms with Crippen LogP contribution < -0.4 is 16.2 Å². The van der Waals surface area contributed by atoms with Crippen molar-refractivity contribution >= 4 is 22.2 Å². The topological polar surface area (TPSA) is 130 Å². The van der Waals surface area contributed by atoms with Gasteiger partial charge < -0.3 is 10.5 Å². The van der Waals surface area contributed by atoms with Crippen molar-refractivity contribution in [3.63, 3.8) is 0 Å². The summed E-state index contributed by atoms with van der Waals surface area (Å²) in [5, 5.41) is 9.30. The molecule has 5 aromatic rings. The van der Waals surface area contributed by atoms with Gasteiger partial charge in [0.15, 0.2) is 5.65 Å². The van der Waals surface area contributed by atoms with E-state index in [1.165, 1.54) is 12.1 Å². The summed E-state index contributed by atoms with van der Waals surface area (Å²) in [6.07, 6.45) is 3.69. The summed E-state index contributed by atoms with van der Waals surface area (Å²) in [6.45, 7) is 0.891. The highest BCUT2D eigenvalue weighted by atomic mass is 19.1. The zero-order chi connectivity index (χ0) is 24.1. The molecular weight excluding hydrogens is 451 g/mol. The molecule has 1 aliphatic rings. The van der Waals surface area contributed by atoms with Crippen molar-refractivity contribution in [2.45, 2.75) is 19.0 Å². The third-order valence-electron chi connectivity index (χ3n) is 6.23. The fraction of sp³-hybridized carbons (Fsp3) is 0.208.